The number of guanidine groups is 2. The number of benzene rings is 2. The van der Waals surface area contributed by atoms with Crippen LogP contribution in [0.1, 0.15) is 18.4 Å². The predicted octanol–water partition coefficient (Wildman–Crippen LogP) is 4.19. The number of nitrogens with one attached hydrogen (secondary N) is 2. The van der Waals surface area contributed by atoms with E-state index in [0.717, 1.165) is 36.1 Å². The molecule has 2 aromatic rings. The number of hydrogen-bond donors (Lipinski definition) is 4. The monoisotopic (exact) mass is 547 g/mol. The molecule has 5 N–H and O–H groups in total. The highest BCUT2D eigenvalue weighted by atomic mass is 79.9. The number of anilines is 1. The Morgan fingerprint density at radius 2 is 1.84 bits per heavy atom. The van der Waals surface area contributed by atoms with Crippen molar-refractivity contribution >= 4 is 55.7 Å². The van der Waals surface area contributed by atoms with Gasteiger partial charge in [0.2, 0.25) is 11.9 Å². The molecule has 0 bridgehead atoms. The average molecular weight is 549 g/mol. The molecule has 1 aliphatic rings. The van der Waals surface area contributed by atoms with Crippen LogP contribution in [0.15, 0.2) is 78.9 Å². The Labute approximate surface area is 197 Å². The van der Waals surface area contributed by atoms with Gasteiger partial charge in [0.05, 0.1) is 10.7 Å². The minimum Gasteiger partial charge on any atom is -0.506 e. The van der Waals surface area contributed by atoms with Gasteiger partial charge in [-0.25, -0.2) is 5.43 Å². The molecule has 0 unspecified atom stereocenters. The highest BCUT2D eigenvalue weighted by Gasteiger charge is 2.13. The second kappa shape index (κ2) is 11.0. The molecular weight excluding hydrogens is 526 g/mol. The van der Waals surface area contributed by atoms with E-state index >= 15 is 0 Å². The molecule has 3 rings (SSSR count). The maximum Gasteiger partial charge on any atom is 0.232 e. The zero-order valence-corrected chi connectivity index (χ0v) is 19.9. The number of hydrogen-bond acceptors (Lipinski definition) is 4. The molecule has 0 aromatic heterocycles. The zero-order valence-electron chi connectivity index (χ0n) is 16.7. The Morgan fingerprint density at radius 3 is 2.55 bits per heavy atom. The lowest BCUT2D eigenvalue weighted by atomic mass is 10.2. The molecule has 0 amide bonds. The van der Waals surface area contributed by atoms with E-state index in [9.17, 15) is 5.11 Å². The highest BCUT2D eigenvalue weighted by Crippen LogP contribution is 2.30. The molecule has 1 fully saturated rings. The molecule has 10 heteroatoms. The van der Waals surface area contributed by atoms with Crippen LogP contribution >= 0.6 is 31.9 Å². The number of aromatic hydroxyl groups is 1. The molecule has 1 saturated heterocycles. The second-order valence-corrected chi connectivity index (χ2v) is 8.50. The minimum absolute atomic E-state index is 0.0289. The molecular formula is C21H23Br2N7O. The molecule has 0 aliphatic carbocycles. The fraction of sp³-hybridized carbons (Fsp3) is 0.190. The van der Waals surface area contributed by atoms with Gasteiger partial charge in [-0.1, -0.05) is 40.7 Å². The second-order valence-electron chi connectivity index (χ2n) is 6.73. The van der Waals surface area contributed by atoms with E-state index in [-0.39, 0.29) is 17.7 Å². The summed E-state index contributed by atoms with van der Waals surface area (Å²) >= 11 is 6.66. The number of phenols is 1. The van der Waals surface area contributed by atoms with Crippen molar-refractivity contribution in [2.75, 3.05) is 18.4 Å². The van der Waals surface area contributed by atoms with Gasteiger partial charge in [-0.3, -0.25) is 0 Å². The molecule has 31 heavy (non-hydrogen) atoms. The summed E-state index contributed by atoms with van der Waals surface area (Å²) in [6.07, 6.45) is 3.68. The van der Waals surface area contributed by atoms with E-state index < -0.39 is 0 Å². The van der Waals surface area contributed by atoms with E-state index in [4.69, 9.17) is 5.73 Å². The number of para-hydroxylation sites is 1. The zero-order chi connectivity index (χ0) is 22.2. The maximum atomic E-state index is 10.1. The first kappa shape index (κ1) is 22.8. The van der Waals surface area contributed by atoms with Crippen LogP contribution in [0.2, 0.25) is 0 Å². The number of phenolic OH excluding ortho intramolecular Hbond substituents is 1. The van der Waals surface area contributed by atoms with Crippen molar-refractivity contribution in [2.45, 2.75) is 12.8 Å². The van der Waals surface area contributed by atoms with Crippen molar-refractivity contribution in [1.29, 1.82) is 0 Å². The fourth-order valence-electron chi connectivity index (χ4n) is 2.89. The van der Waals surface area contributed by atoms with Crippen molar-refractivity contribution in [3.05, 3.63) is 69.4 Å². The first-order valence-electron chi connectivity index (χ1n) is 9.58. The molecule has 1 aliphatic heterocycles. The summed E-state index contributed by atoms with van der Waals surface area (Å²) in [7, 11) is 0. The number of hydrazone groups is 1. The lowest BCUT2D eigenvalue weighted by Gasteiger charge is -2.17. The summed E-state index contributed by atoms with van der Waals surface area (Å²) in [6, 6.07) is 13.0. The number of nitrogens with zero attached hydrogens (tertiary/aromatic N) is 4. The van der Waals surface area contributed by atoms with Crippen LogP contribution in [0, 0.1) is 0 Å². The molecule has 0 spiro atoms. The van der Waals surface area contributed by atoms with Crippen LogP contribution in [0.5, 0.6) is 5.75 Å². The number of likely N-dealkylation sites (tertiary alicyclic amines) is 1. The largest absolute Gasteiger partial charge is 0.506 e. The SMILES string of the molecule is C=C(N=C(N=C(N)N/N=C/c1cc(Br)cc(Br)c1O)Nc1ccccc1)N1CCCC1. The third-order valence-corrected chi connectivity index (χ3v) is 5.47. The van der Waals surface area contributed by atoms with Gasteiger partial charge in [0.15, 0.2) is 0 Å². The van der Waals surface area contributed by atoms with Crippen molar-refractivity contribution in [2.24, 2.45) is 20.8 Å². The Kier molecular flexibility index (Phi) is 8.07. The minimum atomic E-state index is 0.0289. The van der Waals surface area contributed by atoms with Crippen LogP contribution in [0.25, 0.3) is 0 Å². The molecule has 0 atom stereocenters. The quantitative estimate of drug-likeness (QED) is 0.254. The topological polar surface area (TPSA) is 111 Å². The Hall–Kier alpha value is -2.85. The number of aliphatic imine (C=N–C) groups is 2. The van der Waals surface area contributed by atoms with Gasteiger partial charge in [-0.2, -0.15) is 15.1 Å². The normalized spacial score (nSPS) is 14.8. The smallest absolute Gasteiger partial charge is 0.232 e. The van der Waals surface area contributed by atoms with E-state index in [2.05, 4.69) is 69.2 Å². The lowest BCUT2D eigenvalue weighted by Crippen LogP contribution is -2.30. The molecule has 0 radical (unpaired) electrons. The summed E-state index contributed by atoms with van der Waals surface area (Å²) in [5.74, 6) is 1.01. The number of rotatable bonds is 5. The van der Waals surface area contributed by atoms with Crippen LogP contribution < -0.4 is 16.5 Å². The van der Waals surface area contributed by atoms with Gasteiger partial charge < -0.3 is 21.1 Å². The molecule has 1 heterocycles. The third kappa shape index (κ3) is 6.83. The van der Waals surface area contributed by atoms with Gasteiger partial charge in [-0.15, -0.1) is 0 Å². The number of nitrogens with two attached hydrogens (primary N) is 1. The number of halogens is 2. The Bertz CT molecular complexity index is 1020. The van der Waals surface area contributed by atoms with Crippen LogP contribution in [0.4, 0.5) is 5.69 Å². The predicted molar refractivity (Wildman–Crippen MR) is 133 cm³/mol. The van der Waals surface area contributed by atoms with Crippen molar-refractivity contribution < 1.29 is 5.11 Å². The Balaban J connectivity index is 1.76. The first-order valence-corrected chi connectivity index (χ1v) is 11.2. The fourth-order valence-corrected chi connectivity index (χ4v) is 4.15. The van der Waals surface area contributed by atoms with Crippen LogP contribution in [-0.4, -0.2) is 41.2 Å². The molecule has 162 valence electrons. The molecule has 8 nitrogen and oxygen atoms in total. The maximum absolute atomic E-state index is 10.1. The molecule has 2 aromatic carbocycles. The van der Waals surface area contributed by atoms with E-state index in [1.165, 1.54) is 6.21 Å². The van der Waals surface area contributed by atoms with Crippen molar-refractivity contribution in [1.82, 2.24) is 10.3 Å². The van der Waals surface area contributed by atoms with Gasteiger partial charge >= 0.3 is 0 Å². The summed E-state index contributed by atoms with van der Waals surface area (Å²) in [6.45, 7) is 5.91. The van der Waals surface area contributed by atoms with Gasteiger partial charge in [-0.05, 0) is 53.0 Å². The first-order chi connectivity index (χ1) is 14.9. The summed E-state index contributed by atoms with van der Waals surface area (Å²) < 4.78 is 1.34. The summed E-state index contributed by atoms with van der Waals surface area (Å²) in [5.41, 5.74) is 9.97. The molecule has 0 saturated carbocycles. The van der Waals surface area contributed by atoms with E-state index in [1.807, 2.05) is 30.3 Å². The summed E-state index contributed by atoms with van der Waals surface area (Å²) in [4.78, 5) is 10.9. The van der Waals surface area contributed by atoms with Crippen LogP contribution in [0.3, 0.4) is 0 Å². The standard InChI is InChI=1S/C21H23Br2N7O/c1-14(30-9-5-6-10-30)26-21(27-17-7-3-2-4-8-17)28-20(24)29-25-13-15-11-16(22)12-18(23)19(15)31/h2-4,7-8,11-13,31H,1,5-6,9-10H2,(H4,24,26,27,28,29)/b25-13+. The third-order valence-electron chi connectivity index (χ3n) is 4.40. The lowest BCUT2D eigenvalue weighted by molar-refractivity contribution is 0.424. The van der Waals surface area contributed by atoms with E-state index in [1.54, 1.807) is 12.1 Å². The van der Waals surface area contributed by atoms with Gasteiger partial charge in [0, 0.05) is 28.8 Å². The highest BCUT2D eigenvalue weighted by molar-refractivity contribution is 9.11. The van der Waals surface area contributed by atoms with Gasteiger partial charge in [0.25, 0.3) is 0 Å². The van der Waals surface area contributed by atoms with Crippen molar-refractivity contribution in [3.63, 3.8) is 0 Å². The average Bonchev–Trinajstić information content (AvgIpc) is 3.27. The Morgan fingerprint density at radius 1 is 1.13 bits per heavy atom. The van der Waals surface area contributed by atoms with E-state index in [0.29, 0.717) is 15.9 Å². The van der Waals surface area contributed by atoms with Crippen molar-refractivity contribution in [3.8, 4) is 5.75 Å². The van der Waals surface area contributed by atoms with Gasteiger partial charge in [0.1, 0.15) is 11.6 Å². The van der Waals surface area contributed by atoms with Crippen LogP contribution in [-0.2, 0) is 0 Å². The summed E-state index contributed by atoms with van der Waals surface area (Å²) in [5, 5.41) is 17.3.